The van der Waals surface area contributed by atoms with Gasteiger partial charge in [0.2, 0.25) is 0 Å². The predicted octanol–water partition coefficient (Wildman–Crippen LogP) is 5.07. The lowest BCUT2D eigenvalue weighted by atomic mass is 10.2. The summed E-state index contributed by atoms with van der Waals surface area (Å²) in [5.41, 5.74) is 5.15. The fourth-order valence-corrected chi connectivity index (χ4v) is 2.76. The van der Waals surface area contributed by atoms with E-state index in [0.717, 1.165) is 11.1 Å². The number of rotatable bonds is 8. The number of anilines is 1. The summed E-state index contributed by atoms with van der Waals surface area (Å²) in [5, 5.41) is 13.4. The average Bonchev–Trinajstić information content (AvgIpc) is 2.74. The van der Waals surface area contributed by atoms with Gasteiger partial charge in [-0.2, -0.15) is 5.10 Å². The zero-order chi connectivity index (χ0) is 20.6. The molecule has 29 heavy (non-hydrogen) atoms. The third-order valence-electron chi connectivity index (χ3n) is 4.03. The van der Waals surface area contributed by atoms with Crippen LogP contribution in [0.3, 0.4) is 0 Å². The summed E-state index contributed by atoms with van der Waals surface area (Å²) >= 11 is 5.87. The third kappa shape index (κ3) is 5.49. The highest BCUT2D eigenvalue weighted by atomic mass is 35.5. The van der Waals surface area contributed by atoms with Crippen molar-refractivity contribution in [2.45, 2.75) is 6.61 Å². The number of benzene rings is 3. The number of carboxylic acids is 1. The molecule has 0 amide bonds. The molecule has 0 spiro atoms. The Hall–Kier alpha value is -3.51. The lowest BCUT2D eigenvalue weighted by Crippen LogP contribution is -2.00. The Morgan fingerprint density at radius 3 is 2.62 bits per heavy atom. The van der Waals surface area contributed by atoms with Crippen LogP contribution in [-0.4, -0.2) is 24.4 Å². The van der Waals surface area contributed by atoms with Gasteiger partial charge in [0.1, 0.15) is 6.61 Å². The van der Waals surface area contributed by atoms with Crippen LogP contribution in [-0.2, 0) is 6.61 Å². The Morgan fingerprint density at radius 2 is 1.90 bits per heavy atom. The van der Waals surface area contributed by atoms with Gasteiger partial charge in [0, 0.05) is 0 Å². The maximum Gasteiger partial charge on any atom is 0.337 e. The van der Waals surface area contributed by atoms with Gasteiger partial charge in [-0.1, -0.05) is 41.9 Å². The van der Waals surface area contributed by atoms with Crippen molar-refractivity contribution >= 4 is 29.5 Å². The van der Waals surface area contributed by atoms with Gasteiger partial charge < -0.3 is 14.6 Å². The molecule has 0 unspecified atom stereocenters. The molecule has 0 aromatic heterocycles. The molecule has 148 valence electrons. The van der Waals surface area contributed by atoms with Crippen LogP contribution >= 0.6 is 11.6 Å². The monoisotopic (exact) mass is 410 g/mol. The number of halogens is 1. The second-order valence-corrected chi connectivity index (χ2v) is 6.46. The molecular weight excluding hydrogens is 392 g/mol. The van der Waals surface area contributed by atoms with Crippen molar-refractivity contribution < 1.29 is 19.4 Å². The number of nitrogens with one attached hydrogen (secondary N) is 1. The van der Waals surface area contributed by atoms with Gasteiger partial charge in [0.25, 0.3) is 0 Å². The van der Waals surface area contributed by atoms with Crippen LogP contribution in [0.2, 0.25) is 5.02 Å². The molecule has 0 atom stereocenters. The van der Waals surface area contributed by atoms with Crippen molar-refractivity contribution in [3.05, 3.63) is 88.4 Å². The van der Waals surface area contributed by atoms with E-state index >= 15 is 0 Å². The number of hydrogen-bond donors (Lipinski definition) is 2. The second kappa shape index (κ2) is 9.61. The van der Waals surface area contributed by atoms with Gasteiger partial charge in [-0.3, -0.25) is 5.43 Å². The minimum absolute atomic E-state index is 0.00733. The first-order valence-electron chi connectivity index (χ1n) is 8.73. The molecular formula is C22H19ClN2O4. The van der Waals surface area contributed by atoms with Gasteiger partial charge in [0.15, 0.2) is 11.5 Å². The second-order valence-electron chi connectivity index (χ2n) is 6.05. The molecule has 0 bridgehead atoms. The zero-order valence-corrected chi connectivity index (χ0v) is 16.4. The van der Waals surface area contributed by atoms with E-state index in [1.165, 1.54) is 12.1 Å². The third-order valence-corrected chi connectivity index (χ3v) is 4.36. The van der Waals surface area contributed by atoms with E-state index in [0.29, 0.717) is 23.8 Å². The fraction of sp³-hybridized carbons (Fsp3) is 0.0909. The maximum absolute atomic E-state index is 11.2. The first-order chi connectivity index (χ1) is 14.1. The summed E-state index contributed by atoms with van der Waals surface area (Å²) < 4.78 is 11.2. The highest BCUT2D eigenvalue weighted by Gasteiger charge is 2.09. The molecule has 0 heterocycles. The smallest absolute Gasteiger partial charge is 0.337 e. The topological polar surface area (TPSA) is 80.2 Å². The van der Waals surface area contributed by atoms with Crippen molar-refractivity contribution in [1.82, 2.24) is 0 Å². The number of carboxylic acid groups (broad SMARTS) is 1. The molecule has 0 fully saturated rings. The van der Waals surface area contributed by atoms with Crippen LogP contribution in [0.25, 0.3) is 0 Å². The summed E-state index contributed by atoms with van der Waals surface area (Å²) in [6, 6.07) is 19.9. The molecule has 3 rings (SSSR count). The SMILES string of the molecule is COc1ccc(C=NNc2ccc(Cl)c(C(=O)O)c2)cc1OCc1ccccc1. The first kappa shape index (κ1) is 20.2. The van der Waals surface area contributed by atoms with E-state index in [-0.39, 0.29) is 10.6 Å². The van der Waals surface area contributed by atoms with Crippen LogP contribution in [0.15, 0.2) is 71.8 Å². The number of carbonyl (C=O) groups is 1. The Balaban J connectivity index is 1.70. The summed E-state index contributed by atoms with van der Waals surface area (Å²) in [6.07, 6.45) is 1.60. The van der Waals surface area contributed by atoms with Crippen molar-refractivity contribution in [3.8, 4) is 11.5 Å². The van der Waals surface area contributed by atoms with Gasteiger partial charge >= 0.3 is 5.97 Å². The van der Waals surface area contributed by atoms with Gasteiger partial charge in [-0.15, -0.1) is 0 Å². The summed E-state index contributed by atoms with van der Waals surface area (Å²) in [6.45, 7) is 0.415. The van der Waals surface area contributed by atoms with Crippen molar-refractivity contribution in [1.29, 1.82) is 0 Å². The number of nitrogens with zero attached hydrogens (tertiary/aromatic N) is 1. The van der Waals surface area contributed by atoms with Gasteiger partial charge in [0.05, 0.1) is 29.6 Å². The Bertz CT molecular complexity index is 1020. The first-order valence-corrected chi connectivity index (χ1v) is 9.11. The molecule has 0 aliphatic rings. The predicted molar refractivity (Wildman–Crippen MR) is 113 cm³/mol. The molecule has 0 aliphatic carbocycles. The van der Waals surface area contributed by atoms with Gasteiger partial charge in [-0.05, 0) is 47.5 Å². The maximum atomic E-state index is 11.2. The number of hydrogen-bond acceptors (Lipinski definition) is 5. The molecule has 0 saturated carbocycles. The molecule has 3 aromatic rings. The van der Waals surface area contributed by atoms with Crippen LogP contribution in [0, 0.1) is 0 Å². The van der Waals surface area contributed by atoms with E-state index in [1.807, 2.05) is 42.5 Å². The largest absolute Gasteiger partial charge is 0.493 e. The van der Waals surface area contributed by atoms with Crippen LogP contribution in [0.5, 0.6) is 11.5 Å². The van der Waals surface area contributed by atoms with Gasteiger partial charge in [-0.25, -0.2) is 4.79 Å². The molecule has 0 aliphatic heterocycles. The van der Waals surface area contributed by atoms with E-state index in [9.17, 15) is 4.79 Å². The van der Waals surface area contributed by atoms with Crippen LogP contribution < -0.4 is 14.9 Å². The van der Waals surface area contributed by atoms with E-state index in [4.69, 9.17) is 26.2 Å². The number of ether oxygens (including phenoxy) is 2. The average molecular weight is 411 g/mol. The van der Waals surface area contributed by atoms with Crippen molar-refractivity contribution in [3.63, 3.8) is 0 Å². The highest BCUT2D eigenvalue weighted by molar-refractivity contribution is 6.33. The Labute approximate surface area is 173 Å². The minimum atomic E-state index is -1.10. The number of hydrazone groups is 1. The number of methoxy groups -OCH3 is 1. The summed E-state index contributed by atoms with van der Waals surface area (Å²) in [5.74, 6) is 0.118. The normalized spacial score (nSPS) is 10.7. The number of aromatic carboxylic acids is 1. The highest BCUT2D eigenvalue weighted by Crippen LogP contribution is 2.28. The molecule has 3 aromatic carbocycles. The van der Waals surface area contributed by atoms with Crippen molar-refractivity contribution in [2.24, 2.45) is 5.10 Å². The lowest BCUT2D eigenvalue weighted by molar-refractivity contribution is 0.0697. The van der Waals surface area contributed by atoms with Crippen molar-refractivity contribution in [2.75, 3.05) is 12.5 Å². The molecule has 2 N–H and O–H groups in total. The molecule has 0 radical (unpaired) electrons. The lowest BCUT2D eigenvalue weighted by Gasteiger charge is -2.11. The Kier molecular flexibility index (Phi) is 6.71. The molecule has 0 saturated heterocycles. The minimum Gasteiger partial charge on any atom is -0.493 e. The quantitative estimate of drug-likeness (QED) is 0.400. The van der Waals surface area contributed by atoms with Crippen LogP contribution in [0.4, 0.5) is 5.69 Å². The van der Waals surface area contributed by atoms with E-state index in [2.05, 4.69) is 10.5 Å². The van der Waals surface area contributed by atoms with E-state index < -0.39 is 5.97 Å². The molecule has 7 heteroatoms. The fourth-order valence-electron chi connectivity index (χ4n) is 2.56. The zero-order valence-electron chi connectivity index (χ0n) is 15.6. The molecule has 6 nitrogen and oxygen atoms in total. The summed E-state index contributed by atoms with van der Waals surface area (Å²) in [4.78, 5) is 11.2. The van der Waals surface area contributed by atoms with Crippen LogP contribution in [0.1, 0.15) is 21.5 Å². The Morgan fingerprint density at radius 1 is 1.10 bits per heavy atom. The summed E-state index contributed by atoms with van der Waals surface area (Å²) in [7, 11) is 1.58. The van der Waals surface area contributed by atoms with E-state index in [1.54, 1.807) is 25.5 Å². The standard InChI is InChI=1S/C22H19ClN2O4/c1-28-20-10-7-16(11-21(20)29-14-15-5-3-2-4-6-15)13-24-25-17-8-9-19(23)18(12-17)22(26)27/h2-13,25H,14H2,1H3,(H,26,27).